The second kappa shape index (κ2) is 8.25. The first-order valence-corrected chi connectivity index (χ1v) is 7.62. The molecule has 23 heavy (non-hydrogen) atoms. The molecule has 0 bridgehead atoms. The fourth-order valence-corrected chi connectivity index (χ4v) is 2.53. The molecule has 1 heterocycles. The number of pyridine rings is 1. The average molecular weight is 310 g/mol. The molecule has 2 atom stereocenters. The first-order valence-electron chi connectivity index (χ1n) is 7.62. The zero-order valence-corrected chi connectivity index (χ0v) is 13.3. The molecule has 1 aromatic heterocycles. The molecule has 1 N–H and O–H groups in total. The number of allylic oxidation sites excluding steroid dienone is 1. The molecule has 0 saturated heterocycles. The number of aliphatic hydroxyl groups is 1. The second-order valence-electron chi connectivity index (χ2n) is 5.51. The third-order valence-corrected chi connectivity index (χ3v) is 3.79. The minimum atomic E-state index is -0.752. The molecule has 0 aliphatic heterocycles. The normalized spacial score (nSPS) is 13.1. The van der Waals surface area contributed by atoms with Crippen LogP contribution >= 0.6 is 0 Å². The van der Waals surface area contributed by atoms with Gasteiger partial charge in [-0.1, -0.05) is 42.5 Å². The van der Waals surface area contributed by atoms with E-state index in [4.69, 9.17) is 0 Å². The van der Waals surface area contributed by atoms with Crippen molar-refractivity contribution in [2.75, 3.05) is 13.6 Å². The number of carbonyl (C=O) groups is 1. The fourth-order valence-electron chi connectivity index (χ4n) is 2.53. The molecule has 0 aliphatic rings. The van der Waals surface area contributed by atoms with Crippen molar-refractivity contribution in [3.8, 4) is 0 Å². The molecular weight excluding hydrogens is 288 g/mol. The van der Waals surface area contributed by atoms with E-state index in [1.807, 2.05) is 30.3 Å². The predicted molar refractivity (Wildman–Crippen MR) is 90.8 cm³/mol. The lowest BCUT2D eigenvalue weighted by Gasteiger charge is -2.25. The van der Waals surface area contributed by atoms with Crippen molar-refractivity contribution in [1.82, 2.24) is 9.88 Å². The standard InChI is InChI=1S/C19H22N2O2/c1-3-8-17(15-9-5-4-6-10-15)19(23)21(2)14-18(22)16-11-7-12-20-13-16/h3-7,9-13,17-18,22H,1,8,14H2,2H3. The van der Waals surface area contributed by atoms with Crippen molar-refractivity contribution in [3.63, 3.8) is 0 Å². The molecule has 4 heteroatoms. The van der Waals surface area contributed by atoms with Gasteiger partial charge in [0.05, 0.1) is 18.6 Å². The quantitative estimate of drug-likeness (QED) is 0.800. The minimum absolute atomic E-state index is 0.0287. The number of amides is 1. The van der Waals surface area contributed by atoms with E-state index < -0.39 is 6.10 Å². The van der Waals surface area contributed by atoms with Gasteiger partial charge in [0, 0.05) is 25.0 Å². The third kappa shape index (κ3) is 4.50. The molecule has 0 aliphatic carbocycles. The van der Waals surface area contributed by atoms with E-state index in [9.17, 15) is 9.90 Å². The van der Waals surface area contributed by atoms with Crippen LogP contribution in [0.25, 0.3) is 0 Å². The summed E-state index contributed by atoms with van der Waals surface area (Å²) in [5.74, 6) is -0.307. The van der Waals surface area contributed by atoms with Crippen LogP contribution in [0.2, 0.25) is 0 Å². The van der Waals surface area contributed by atoms with E-state index in [1.165, 1.54) is 0 Å². The first kappa shape index (κ1) is 16.9. The Hall–Kier alpha value is -2.46. The molecule has 2 rings (SSSR count). The van der Waals surface area contributed by atoms with Gasteiger partial charge < -0.3 is 10.0 Å². The minimum Gasteiger partial charge on any atom is -0.386 e. The van der Waals surface area contributed by atoms with Crippen molar-refractivity contribution in [2.45, 2.75) is 18.4 Å². The van der Waals surface area contributed by atoms with Crippen molar-refractivity contribution >= 4 is 5.91 Å². The number of likely N-dealkylation sites (N-methyl/N-ethyl adjacent to an activating group) is 1. The number of aliphatic hydroxyl groups excluding tert-OH is 1. The molecule has 0 saturated carbocycles. The summed E-state index contributed by atoms with van der Waals surface area (Å²) >= 11 is 0. The lowest BCUT2D eigenvalue weighted by Crippen LogP contribution is -2.35. The van der Waals surface area contributed by atoms with Gasteiger partial charge in [0.25, 0.3) is 0 Å². The van der Waals surface area contributed by atoms with Crippen LogP contribution in [0.15, 0.2) is 67.5 Å². The molecule has 4 nitrogen and oxygen atoms in total. The van der Waals surface area contributed by atoms with Gasteiger partial charge in [0.15, 0.2) is 0 Å². The maximum absolute atomic E-state index is 12.8. The maximum Gasteiger partial charge on any atom is 0.230 e. The largest absolute Gasteiger partial charge is 0.386 e. The van der Waals surface area contributed by atoms with Gasteiger partial charge in [-0.3, -0.25) is 9.78 Å². The number of nitrogens with zero attached hydrogens (tertiary/aromatic N) is 2. The number of hydrogen-bond donors (Lipinski definition) is 1. The highest BCUT2D eigenvalue weighted by atomic mass is 16.3. The van der Waals surface area contributed by atoms with Crippen LogP contribution in [0.1, 0.15) is 29.6 Å². The predicted octanol–water partition coefficient (Wildman–Crippen LogP) is 2.93. The lowest BCUT2D eigenvalue weighted by atomic mass is 9.94. The lowest BCUT2D eigenvalue weighted by molar-refractivity contribution is -0.132. The van der Waals surface area contributed by atoms with E-state index in [0.29, 0.717) is 12.0 Å². The van der Waals surface area contributed by atoms with Crippen molar-refractivity contribution < 1.29 is 9.90 Å². The first-order chi connectivity index (χ1) is 11.1. The third-order valence-electron chi connectivity index (χ3n) is 3.79. The number of hydrogen-bond acceptors (Lipinski definition) is 3. The molecule has 120 valence electrons. The van der Waals surface area contributed by atoms with Gasteiger partial charge in [-0.15, -0.1) is 6.58 Å². The van der Waals surface area contributed by atoms with Crippen LogP contribution in [0.3, 0.4) is 0 Å². The Morgan fingerprint density at radius 1 is 1.26 bits per heavy atom. The van der Waals surface area contributed by atoms with Crippen LogP contribution < -0.4 is 0 Å². The highest BCUT2D eigenvalue weighted by Gasteiger charge is 2.24. The Morgan fingerprint density at radius 3 is 2.57 bits per heavy atom. The van der Waals surface area contributed by atoms with E-state index in [1.54, 1.807) is 42.6 Å². The molecule has 2 aromatic rings. The molecule has 2 unspecified atom stereocenters. The molecule has 0 fully saturated rings. The topological polar surface area (TPSA) is 53.4 Å². The van der Waals surface area contributed by atoms with Gasteiger partial charge in [-0.2, -0.15) is 0 Å². The van der Waals surface area contributed by atoms with Crippen LogP contribution in [0.4, 0.5) is 0 Å². The molecule has 0 spiro atoms. The van der Waals surface area contributed by atoms with E-state index in [0.717, 1.165) is 5.56 Å². The number of benzene rings is 1. The number of aromatic nitrogens is 1. The van der Waals surface area contributed by atoms with E-state index in [2.05, 4.69) is 11.6 Å². The summed E-state index contributed by atoms with van der Waals surface area (Å²) in [5, 5.41) is 10.3. The molecule has 1 amide bonds. The summed E-state index contributed by atoms with van der Waals surface area (Å²) < 4.78 is 0. The van der Waals surface area contributed by atoms with Crippen molar-refractivity contribution in [2.24, 2.45) is 0 Å². The Labute approximate surface area is 137 Å². The van der Waals surface area contributed by atoms with Crippen molar-refractivity contribution in [3.05, 3.63) is 78.6 Å². The smallest absolute Gasteiger partial charge is 0.230 e. The Bertz CT molecular complexity index is 628. The van der Waals surface area contributed by atoms with Gasteiger partial charge in [-0.25, -0.2) is 0 Å². The zero-order valence-electron chi connectivity index (χ0n) is 13.3. The van der Waals surface area contributed by atoms with Gasteiger partial charge in [0.2, 0.25) is 5.91 Å². The fraction of sp³-hybridized carbons (Fsp3) is 0.263. The zero-order chi connectivity index (χ0) is 16.7. The average Bonchev–Trinajstić information content (AvgIpc) is 2.60. The highest BCUT2D eigenvalue weighted by Crippen LogP contribution is 2.23. The summed E-state index contributed by atoms with van der Waals surface area (Å²) in [5.41, 5.74) is 1.66. The summed E-state index contributed by atoms with van der Waals surface area (Å²) in [7, 11) is 1.71. The SMILES string of the molecule is C=CCC(C(=O)N(C)CC(O)c1cccnc1)c1ccccc1. The molecule has 1 aromatic carbocycles. The summed E-state index contributed by atoms with van der Waals surface area (Å²) in [6, 6.07) is 13.2. The number of rotatable bonds is 7. The Kier molecular flexibility index (Phi) is 6.06. The van der Waals surface area contributed by atoms with Gasteiger partial charge in [0.1, 0.15) is 0 Å². The van der Waals surface area contributed by atoms with Gasteiger partial charge in [-0.05, 0) is 18.1 Å². The monoisotopic (exact) mass is 310 g/mol. The maximum atomic E-state index is 12.8. The van der Waals surface area contributed by atoms with E-state index in [-0.39, 0.29) is 18.4 Å². The summed E-state index contributed by atoms with van der Waals surface area (Å²) in [6.45, 7) is 3.98. The number of carbonyl (C=O) groups excluding carboxylic acids is 1. The molecular formula is C19H22N2O2. The Morgan fingerprint density at radius 2 is 1.96 bits per heavy atom. The van der Waals surface area contributed by atoms with Crippen LogP contribution in [-0.4, -0.2) is 34.5 Å². The van der Waals surface area contributed by atoms with E-state index >= 15 is 0 Å². The summed E-state index contributed by atoms with van der Waals surface area (Å²) in [4.78, 5) is 18.3. The van der Waals surface area contributed by atoms with Crippen LogP contribution in [0, 0.1) is 0 Å². The van der Waals surface area contributed by atoms with Crippen LogP contribution in [-0.2, 0) is 4.79 Å². The second-order valence-corrected chi connectivity index (χ2v) is 5.51. The summed E-state index contributed by atoms with van der Waals surface area (Å²) in [6.07, 6.45) is 4.83. The van der Waals surface area contributed by atoms with Gasteiger partial charge >= 0.3 is 0 Å². The Balaban J connectivity index is 2.09. The highest BCUT2D eigenvalue weighted by molar-refractivity contribution is 5.83. The van der Waals surface area contributed by atoms with Crippen LogP contribution in [0.5, 0.6) is 0 Å². The molecule has 0 radical (unpaired) electrons. The van der Waals surface area contributed by atoms with Crippen molar-refractivity contribution in [1.29, 1.82) is 0 Å².